The predicted molar refractivity (Wildman–Crippen MR) is 64.4 cm³/mol. The Morgan fingerprint density at radius 1 is 1.16 bits per heavy atom. The van der Waals surface area contributed by atoms with Gasteiger partial charge in [-0.25, -0.2) is 9.37 Å². The van der Waals surface area contributed by atoms with Crippen molar-refractivity contribution in [1.29, 1.82) is 0 Å². The highest BCUT2D eigenvalue weighted by molar-refractivity contribution is 5.94. The maximum Gasteiger partial charge on any atom is 0.254 e. The Morgan fingerprint density at radius 2 is 2.00 bits per heavy atom. The lowest BCUT2D eigenvalue weighted by atomic mass is 10.2. The van der Waals surface area contributed by atoms with Gasteiger partial charge in [0.1, 0.15) is 0 Å². The average molecular weight is 263 g/mol. The van der Waals surface area contributed by atoms with E-state index in [0.717, 1.165) is 18.0 Å². The molecule has 0 aromatic carbocycles. The van der Waals surface area contributed by atoms with E-state index in [9.17, 15) is 13.6 Å². The third kappa shape index (κ3) is 3.31. The van der Waals surface area contributed by atoms with Crippen LogP contribution in [0, 0.1) is 11.8 Å². The van der Waals surface area contributed by atoms with Crippen molar-refractivity contribution in [1.82, 2.24) is 15.3 Å². The Bertz CT molecular complexity index is 575. The summed E-state index contributed by atoms with van der Waals surface area (Å²) in [4.78, 5) is 18.8. The molecule has 19 heavy (non-hydrogen) atoms. The lowest BCUT2D eigenvalue weighted by molar-refractivity contribution is 0.0948. The highest BCUT2D eigenvalue weighted by Gasteiger charge is 2.15. The van der Waals surface area contributed by atoms with Crippen molar-refractivity contribution >= 4 is 5.91 Å². The molecule has 2 rings (SSSR count). The predicted octanol–water partition coefficient (Wildman–Crippen LogP) is 1.73. The van der Waals surface area contributed by atoms with Gasteiger partial charge in [0.2, 0.25) is 5.95 Å². The summed E-state index contributed by atoms with van der Waals surface area (Å²) in [5.74, 6) is -3.19. The number of carbonyl (C=O) groups excluding carboxylic acids is 1. The summed E-state index contributed by atoms with van der Waals surface area (Å²) < 4.78 is 26.1. The molecule has 2 heterocycles. The lowest BCUT2D eigenvalue weighted by Gasteiger charge is -2.05. The van der Waals surface area contributed by atoms with Crippen molar-refractivity contribution in [3.63, 3.8) is 0 Å². The van der Waals surface area contributed by atoms with Gasteiger partial charge in [0, 0.05) is 31.1 Å². The van der Waals surface area contributed by atoms with Crippen molar-refractivity contribution in [3.8, 4) is 0 Å². The Labute approximate surface area is 108 Å². The third-order valence-corrected chi connectivity index (χ3v) is 2.48. The number of halogens is 2. The molecule has 1 N–H and O–H groups in total. The summed E-state index contributed by atoms with van der Waals surface area (Å²) in [6, 6.07) is 6.58. The van der Waals surface area contributed by atoms with Gasteiger partial charge in [0.25, 0.3) is 5.91 Å². The summed E-state index contributed by atoms with van der Waals surface area (Å²) >= 11 is 0. The van der Waals surface area contributed by atoms with E-state index in [0.29, 0.717) is 13.0 Å². The molecule has 0 bridgehead atoms. The number of nitrogens with zero attached hydrogens (tertiary/aromatic N) is 2. The van der Waals surface area contributed by atoms with E-state index in [4.69, 9.17) is 0 Å². The number of pyridine rings is 2. The summed E-state index contributed by atoms with van der Waals surface area (Å²) in [6.07, 6.45) is 3.21. The van der Waals surface area contributed by atoms with Crippen molar-refractivity contribution in [2.45, 2.75) is 6.42 Å². The molecule has 0 unspecified atom stereocenters. The summed E-state index contributed by atoms with van der Waals surface area (Å²) in [6.45, 7) is 0.291. The number of hydrogen-bond acceptors (Lipinski definition) is 3. The molecular formula is C13H11F2N3O. The van der Waals surface area contributed by atoms with Crippen LogP contribution in [-0.4, -0.2) is 22.4 Å². The summed E-state index contributed by atoms with van der Waals surface area (Å²) in [7, 11) is 0. The normalized spacial score (nSPS) is 10.2. The molecule has 0 spiro atoms. The lowest BCUT2D eigenvalue weighted by Crippen LogP contribution is -2.27. The van der Waals surface area contributed by atoms with E-state index in [1.807, 2.05) is 12.1 Å². The Morgan fingerprint density at radius 3 is 2.74 bits per heavy atom. The quantitative estimate of drug-likeness (QED) is 0.855. The fourth-order valence-corrected chi connectivity index (χ4v) is 1.54. The SMILES string of the molecule is O=C(NCCc1ccccn1)c1ccnc(F)c1F. The van der Waals surface area contributed by atoms with E-state index >= 15 is 0 Å². The van der Waals surface area contributed by atoms with Gasteiger partial charge in [-0.15, -0.1) is 0 Å². The average Bonchev–Trinajstić information content (AvgIpc) is 2.43. The van der Waals surface area contributed by atoms with E-state index in [1.54, 1.807) is 12.3 Å². The van der Waals surface area contributed by atoms with Crippen molar-refractivity contribution in [2.24, 2.45) is 0 Å². The molecule has 0 saturated heterocycles. The second-order valence-electron chi connectivity index (χ2n) is 3.79. The second kappa shape index (κ2) is 5.99. The van der Waals surface area contributed by atoms with Crippen LogP contribution in [0.2, 0.25) is 0 Å². The zero-order valence-corrected chi connectivity index (χ0v) is 9.94. The minimum Gasteiger partial charge on any atom is -0.352 e. The van der Waals surface area contributed by atoms with Crippen LogP contribution in [0.5, 0.6) is 0 Å². The monoisotopic (exact) mass is 263 g/mol. The number of amides is 1. The number of hydrogen-bond donors (Lipinski definition) is 1. The van der Waals surface area contributed by atoms with Gasteiger partial charge in [-0.1, -0.05) is 6.07 Å². The Kier molecular flexibility index (Phi) is 4.12. The molecule has 4 nitrogen and oxygen atoms in total. The highest BCUT2D eigenvalue weighted by Crippen LogP contribution is 2.08. The molecule has 98 valence electrons. The molecule has 0 saturated carbocycles. The maximum absolute atomic E-state index is 13.3. The molecule has 2 aromatic rings. The number of aromatic nitrogens is 2. The molecule has 2 aromatic heterocycles. The third-order valence-electron chi connectivity index (χ3n) is 2.48. The fourth-order valence-electron chi connectivity index (χ4n) is 1.54. The van der Waals surface area contributed by atoms with Gasteiger partial charge in [0.05, 0.1) is 5.56 Å². The molecule has 0 aliphatic heterocycles. The van der Waals surface area contributed by atoms with Gasteiger partial charge >= 0.3 is 0 Å². The molecule has 0 radical (unpaired) electrons. The molecule has 0 aliphatic rings. The van der Waals surface area contributed by atoms with Crippen LogP contribution in [-0.2, 0) is 6.42 Å². The smallest absolute Gasteiger partial charge is 0.254 e. The number of rotatable bonds is 4. The van der Waals surface area contributed by atoms with Crippen LogP contribution in [0.3, 0.4) is 0 Å². The number of carbonyl (C=O) groups is 1. The van der Waals surface area contributed by atoms with Crippen molar-refractivity contribution in [2.75, 3.05) is 6.54 Å². The first-order valence-electron chi connectivity index (χ1n) is 5.66. The minimum absolute atomic E-state index is 0.291. The first kappa shape index (κ1) is 13.1. The van der Waals surface area contributed by atoms with E-state index < -0.39 is 17.7 Å². The number of nitrogens with one attached hydrogen (secondary N) is 1. The van der Waals surface area contributed by atoms with Crippen LogP contribution in [0.4, 0.5) is 8.78 Å². The fraction of sp³-hybridized carbons (Fsp3) is 0.154. The van der Waals surface area contributed by atoms with Crippen LogP contribution < -0.4 is 5.32 Å². The standard InChI is InChI=1S/C13H11F2N3O/c14-11-10(5-8-17-12(11)15)13(19)18-7-4-9-3-1-2-6-16-9/h1-3,5-6,8H,4,7H2,(H,18,19). The highest BCUT2D eigenvalue weighted by atomic mass is 19.2. The Balaban J connectivity index is 1.93. The first-order valence-corrected chi connectivity index (χ1v) is 5.66. The first-order chi connectivity index (χ1) is 9.18. The zero-order valence-electron chi connectivity index (χ0n) is 9.94. The van der Waals surface area contributed by atoms with Gasteiger partial charge in [-0.2, -0.15) is 4.39 Å². The summed E-state index contributed by atoms with van der Waals surface area (Å²) in [5, 5.41) is 2.50. The van der Waals surface area contributed by atoms with Crippen LogP contribution in [0.15, 0.2) is 36.7 Å². The van der Waals surface area contributed by atoms with Gasteiger partial charge in [-0.3, -0.25) is 9.78 Å². The van der Waals surface area contributed by atoms with E-state index in [-0.39, 0.29) is 5.56 Å². The molecular weight excluding hydrogens is 252 g/mol. The molecule has 0 aliphatic carbocycles. The largest absolute Gasteiger partial charge is 0.352 e. The molecule has 0 fully saturated rings. The van der Waals surface area contributed by atoms with Crippen LogP contribution in [0.25, 0.3) is 0 Å². The topological polar surface area (TPSA) is 54.9 Å². The van der Waals surface area contributed by atoms with Crippen molar-refractivity contribution in [3.05, 3.63) is 59.7 Å². The molecule has 1 amide bonds. The molecule has 0 atom stereocenters. The van der Waals surface area contributed by atoms with Crippen molar-refractivity contribution < 1.29 is 13.6 Å². The van der Waals surface area contributed by atoms with Gasteiger partial charge < -0.3 is 5.32 Å². The maximum atomic E-state index is 13.3. The zero-order chi connectivity index (χ0) is 13.7. The van der Waals surface area contributed by atoms with Crippen LogP contribution >= 0.6 is 0 Å². The second-order valence-corrected chi connectivity index (χ2v) is 3.79. The van der Waals surface area contributed by atoms with Crippen LogP contribution in [0.1, 0.15) is 16.1 Å². The van der Waals surface area contributed by atoms with Gasteiger partial charge in [-0.05, 0) is 18.2 Å². The van der Waals surface area contributed by atoms with E-state index in [2.05, 4.69) is 15.3 Å². The molecule has 6 heteroatoms. The summed E-state index contributed by atoms with van der Waals surface area (Å²) in [5.41, 5.74) is 0.456. The van der Waals surface area contributed by atoms with E-state index in [1.165, 1.54) is 0 Å². The Hall–Kier alpha value is -2.37. The van der Waals surface area contributed by atoms with Gasteiger partial charge in [0.15, 0.2) is 5.82 Å². The minimum atomic E-state index is -1.28.